The van der Waals surface area contributed by atoms with Gasteiger partial charge in [-0.25, -0.2) is 4.39 Å². The Bertz CT molecular complexity index is 747. The van der Waals surface area contributed by atoms with Crippen LogP contribution < -0.4 is 14.8 Å². The first-order valence-corrected chi connectivity index (χ1v) is 7.07. The number of anilines is 1. The fourth-order valence-corrected chi connectivity index (χ4v) is 2.05. The summed E-state index contributed by atoms with van der Waals surface area (Å²) in [6.45, 7) is 0. The number of methoxy groups -OCH3 is 2. The zero-order valence-corrected chi connectivity index (χ0v) is 13.4. The van der Waals surface area contributed by atoms with Crippen LogP contribution >= 0.6 is 11.6 Å². The monoisotopic (exact) mass is 335 g/mol. The molecule has 0 saturated heterocycles. The molecule has 0 aliphatic rings. The van der Waals surface area contributed by atoms with Crippen LogP contribution in [0.15, 0.2) is 42.5 Å². The number of carbonyl (C=O) groups excluding carboxylic acids is 1. The van der Waals surface area contributed by atoms with Gasteiger partial charge in [0, 0.05) is 11.1 Å². The minimum Gasteiger partial charge on any atom is -0.493 e. The molecule has 0 bridgehead atoms. The van der Waals surface area contributed by atoms with Crippen molar-refractivity contribution in [3.63, 3.8) is 0 Å². The quantitative estimate of drug-likeness (QED) is 0.835. The lowest BCUT2D eigenvalue weighted by atomic mass is 10.2. The Kier molecular flexibility index (Phi) is 5.60. The third kappa shape index (κ3) is 4.47. The maximum absolute atomic E-state index is 13.6. The molecule has 2 aromatic rings. The van der Waals surface area contributed by atoms with Crippen LogP contribution in [0.25, 0.3) is 6.08 Å². The maximum atomic E-state index is 13.6. The molecule has 0 fully saturated rings. The summed E-state index contributed by atoms with van der Waals surface area (Å²) in [5, 5.41) is 2.71. The average Bonchev–Trinajstić information content (AvgIpc) is 2.55. The van der Waals surface area contributed by atoms with Crippen LogP contribution in [-0.4, -0.2) is 20.1 Å². The van der Waals surface area contributed by atoms with E-state index in [1.54, 1.807) is 31.4 Å². The molecular weight excluding hydrogens is 321 g/mol. The van der Waals surface area contributed by atoms with E-state index in [9.17, 15) is 9.18 Å². The molecule has 1 N–H and O–H groups in total. The first-order chi connectivity index (χ1) is 11.0. The van der Waals surface area contributed by atoms with Crippen LogP contribution in [0, 0.1) is 5.82 Å². The summed E-state index contributed by atoms with van der Waals surface area (Å²) < 4.78 is 23.9. The Balaban J connectivity index is 2.09. The highest BCUT2D eigenvalue weighted by atomic mass is 35.5. The van der Waals surface area contributed by atoms with Crippen LogP contribution in [0.3, 0.4) is 0 Å². The number of hydrogen-bond acceptors (Lipinski definition) is 3. The number of rotatable bonds is 5. The minimum absolute atomic E-state index is 0.0661. The Hall–Kier alpha value is -2.53. The van der Waals surface area contributed by atoms with Gasteiger partial charge in [-0.3, -0.25) is 4.79 Å². The zero-order chi connectivity index (χ0) is 16.8. The second kappa shape index (κ2) is 7.65. The lowest BCUT2D eigenvalue weighted by Crippen LogP contribution is -2.09. The molecule has 1 amide bonds. The highest BCUT2D eigenvalue weighted by Crippen LogP contribution is 2.28. The van der Waals surface area contributed by atoms with Crippen molar-refractivity contribution in [1.29, 1.82) is 0 Å². The first-order valence-electron chi connectivity index (χ1n) is 6.69. The molecule has 2 rings (SSSR count). The molecule has 0 aromatic heterocycles. The van der Waals surface area contributed by atoms with Crippen molar-refractivity contribution in [2.45, 2.75) is 0 Å². The highest BCUT2D eigenvalue weighted by Gasteiger charge is 2.06. The van der Waals surface area contributed by atoms with Gasteiger partial charge in [0.25, 0.3) is 0 Å². The van der Waals surface area contributed by atoms with Crippen molar-refractivity contribution < 1.29 is 18.7 Å². The van der Waals surface area contributed by atoms with Crippen LogP contribution in [0.2, 0.25) is 5.02 Å². The molecular formula is C17H15ClFNO3. The van der Waals surface area contributed by atoms with Crippen LogP contribution in [0.5, 0.6) is 11.5 Å². The van der Waals surface area contributed by atoms with Crippen LogP contribution in [0.1, 0.15) is 5.56 Å². The van der Waals surface area contributed by atoms with Gasteiger partial charge in [0.15, 0.2) is 11.5 Å². The number of carbonyl (C=O) groups is 1. The van der Waals surface area contributed by atoms with Crippen molar-refractivity contribution in [3.8, 4) is 11.5 Å². The van der Waals surface area contributed by atoms with Crippen molar-refractivity contribution in [2.75, 3.05) is 19.5 Å². The Morgan fingerprint density at radius 3 is 2.52 bits per heavy atom. The molecule has 0 saturated carbocycles. The summed E-state index contributed by atoms with van der Waals surface area (Å²) in [4.78, 5) is 11.8. The predicted octanol–water partition coefficient (Wildman–Crippen LogP) is 4.15. The smallest absolute Gasteiger partial charge is 0.248 e. The van der Waals surface area contributed by atoms with Crippen molar-refractivity contribution >= 4 is 29.3 Å². The summed E-state index contributed by atoms with van der Waals surface area (Å²) in [6.07, 6.45) is 2.89. The van der Waals surface area contributed by atoms with E-state index in [1.165, 1.54) is 25.3 Å². The van der Waals surface area contributed by atoms with Crippen molar-refractivity contribution in [2.24, 2.45) is 0 Å². The number of amides is 1. The third-order valence-corrected chi connectivity index (χ3v) is 3.26. The summed E-state index contributed by atoms with van der Waals surface area (Å²) in [6, 6.07) is 9.27. The molecule has 0 heterocycles. The van der Waals surface area contributed by atoms with Gasteiger partial charge in [-0.1, -0.05) is 17.7 Å². The molecule has 0 aliphatic heterocycles. The largest absolute Gasteiger partial charge is 0.493 e. The van der Waals surface area contributed by atoms with Gasteiger partial charge in [0.2, 0.25) is 5.91 Å². The van der Waals surface area contributed by atoms with E-state index in [0.29, 0.717) is 11.5 Å². The molecule has 0 aliphatic carbocycles. The Labute approximate surface area is 138 Å². The predicted molar refractivity (Wildman–Crippen MR) is 88.6 cm³/mol. The molecule has 23 heavy (non-hydrogen) atoms. The molecule has 0 atom stereocenters. The van der Waals surface area contributed by atoms with E-state index < -0.39 is 11.7 Å². The molecule has 0 radical (unpaired) electrons. The van der Waals surface area contributed by atoms with E-state index >= 15 is 0 Å². The van der Waals surface area contributed by atoms with Gasteiger partial charge >= 0.3 is 0 Å². The minimum atomic E-state index is -0.592. The summed E-state index contributed by atoms with van der Waals surface area (Å²) in [5.74, 6) is 0.0996. The first kappa shape index (κ1) is 16.8. The van der Waals surface area contributed by atoms with Crippen LogP contribution in [-0.2, 0) is 4.79 Å². The van der Waals surface area contributed by atoms with E-state index in [4.69, 9.17) is 21.1 Å². The normalized spacial score (nSPS) is 10.6. The standard InChI is InChI=1S/C17H15ClFNO3/c1-22-15-7-3-11(9-16(15)23-2)4-8-17(21)20-14-6-5-12(18)10-13(14)19/h3-10H,1-2H3,(H,20,21). The van der Waals surface area contributed by atoms with E-state index in [0.717, 1.165) is 11.6 Å². The van der Waals surface area contributed by atoms with Crippen LogP contribution in [0.4, 0.5) is 10.1 Å². The third-order valence-electron chi connectivity index (χ3n) is 3.02. The van der Waals surface area contributed by atoms with Crippen molar-refractivity contribution in [3.05, 3.63) is 58.9 Å². The summed E-state index contributed by atoms with van der Waals surface area (Å²) in [7, 11) is 3.07. The SMILES string of the molecule is COc1ccc(C=CC(=O)Nc2ccc(Cl)cc2F)cc1OC. The molecule has 0 spiro atoms. The Morgan fingerprint density at radius 1 is 1.13 bits per heavy atom. The fourth-order valence-electron chi connectivity index (χ4n) is 1.89. The van der Waals surface area contributed by atoms with E-state index in [2.05, 4.69) is 5.32 Å². The lowest BCUT2D eigenvalue weighted by molar-refractivity contribution is -0.111. The van der Waals surface area contributed by atoms with Gasteiger partial charge in [-0.15, -0.1) is 0 Å². The van der Waals surface area contributed by atoms with Gasteiger partial charge in [-0.05, 0) is 42.0 Å². The number of hydrogen-bond donors (Lipinski definition) is 1. The van der Waals surface area contributed by atoms with Gasteiger partial charge in [0.1, 0.15) is 5.82 Å². The average molecular weight is 336 g/mol. The van der Waals surface area contributed by atoms with Gasteiger partial charge in [0.05, 0.1) is 19.9 Å². The molecule has 2 aromatic carbocycles. The second-order valence-corrected chi connectivity index (χ2v) is 5.00. The number of benzene rings is 2. The molecule has 4 nitrogen and oxygen atoms in total. The maximum Gasteiger partial charge on any atom is 0.248 e. The second-order valence-electron chi connectivity index (χ2n) is 4.56. The molecule has 120 valence electrons. The summed E-state index contributed by atoms with van der Waals surface area (Å²) in [5.41, 5.74) is 0.811. The lowest BCUT2D eigenvalue weighted by Gasteiger charge is -2.07. The number of ether oxygens (including phenoxy) is 2. The van der Waals surface area contributed by atoms with E-state index in [1.807, 2.05) is 0 Å². The Morgan fingerprint density at radius 2 is 1.87 bits per heavy atom. The number of nitrogens with one attached hydrogen (secondary N) is 1. The van der Waals surface area contributed by atoms with Gasteiger partial charge < -0.3 is 14.8 Å². The topological polar surface area (TPSA) is 47.6 Å². The zero-order valence-electron chi connectivity index (χ0n) is 12.6. The molecule has 6 heteroatoms. The molecule has 0 unspecified atom stereocenters. The number of halogens is 2. The van der Waals surface area contributed by atoms with Crippen molar-refractivity contribution in [1.82, 2.24) is 0 Å². The summed E-state index contributed by atoms with van der Waals surface area (Å²) >= 11 is 5.66. The fraction of sp³-hybridized carbons (Fsp3) is 0.118. The van der Waals surface area contributed by atoms with E-state index in [-0.39, 0.29) is 10.7 Å². The highest BCUT2D eigenvalue weighted by molar-refractivity contribution is 6.30. The van der Waals surface area contributed by atoms with Gasteiger partial charge in [-0.2, -0.15) is 0 Å².